The van der Waals surface area contributed by atoms with Gasteiger partial charge in [-0.3, -0.25) is 9.48 Å². The second-order valence-corrected chi connectivity index (χ2v) is 9.63. The van der Waals surface area contributed by atoms with Gasteiger partial charge in [0.2, 0.25) is 0 Å². The van der Waals surface area contributed by atoms with Crippen molar-refractivity contribution in [3.05, 3.63) is 58.1 Å². The molecule has 4 rings (SSSR count). The van der Waals surface area contributed by atoms with Crippen molar-refractivity contribution in [3.8, 4) is 28.1 Å². The molecule has 7 heteroatoms. The normalized spacial score (nSPS) is 14.8. The fourth-order valence-corrected chi connectivity index (χ4v) is 4.69. The first-order valence-corrected chi connectivity index (χ1v) is 11.9. The van der Waals surface area contributed by atoms with Crippen LogP contribution in [0.1, 0.15) is 56.6 Å². The Morgan fingerprint density at radius 3 is 2.56 bits per heavy atom. The number of hydrogen-bond donors (Lipinski definition) is 0. The Kier molecular flexibility index (Phi) is 6.64. The van der Waals surface area contributed by atoms with Crippen LogP contribution >= 0.6 is 0 Å². The molecule has 34 heavy (non-hydrogen) atoms. The number of rotatable bonds is 7. The summed E-state index contributed by atoms with van der Waals surface area (Å²) in [5, 5.41) is 4.52. The summed E-state index contributed by atoms with van der Waals surface area (Å²) in [6.07, 6.45) is 6.37. The molecule has 0 aliphatic carbocycles. The standard InChI is InChI=1S/C27H33N3O4/c1-7-34-27(32)22-15-30-23(17(4)5)9-18-8-21(19-12-28-29(14-19)13-16(2)3)26(33-6)10-20(18)24(30)11-25(22)31/h8,10-12,14-17,23H,7,9,13H2,1-6H3. The maximum absolute atomic E-state index is 12.9. The van der Waals surface area contributed by atoms with Crippen molar-refractivity contribution in [3.63, 3.8) is 0 Å². The predicted octanol–water partition coefficient (Wildman–Crippen LogP) is 4.97. The highest BCUT2D eigenvalue weighted by Crippen LogP contribution is 2.43. The van der Waals surface area contributed by atoms with E-state index in [1.807, 2.05) is 16.9 Å². The van der Waals surface area contributed by atoms with E-state index in [2.05, 4.69) is 49.6 Å². The Balaban J connectivity index is 1.86. The first-order valence-electron chi connectivity index (χ1n) is 11.9. The Bertz CT molecular complexity index is 1270. The summed E-state index contributed by atoms with van der Waals surface area (Å²) in [6.45, 7) is 11.5. The molecule has 1 aliphatic rings. The van der Waals surface area contributed by atoms with Crippen molar-refractivity contribution in [2.75, 3.05) is 13.7 Å². The quantitative estimate of drug-likeness (QED) is 0.462. The minimum Gasteiger partial charge on any atom is -0.496 e. The van der Waals surface area contributed by atoms with Crippen molar-refractivity contribution >= 4 is 5.97 Å². The Hall–Kier alpha value is -3.35. The maximum Gasteiger partial charge on any atom is 0.343 e. The molecule has 0 bridgehead atoms. The first-order chi connectivity index (χ1) is 16.2. The highest BCUT2D eigenvalue weighted by atomic mass is 16.5. The number of carbonyl (C=O) groups excluding carboxylic acids is 1. The molecule has 0 saturated heterocycles. The van der Waals surface area contributed by atoms with Gasteiger partial charge in [0, 0.05) is 47.7 Å². The Morgan fingerprint density at radius 2 is 1.91 bits per heavy atom. The van der Waals surface area contributed by atoms with E-state index >= 15 is 0 Å². The van der Waals surface area contributed by atoms with E-state index in [0.29, 0.717) is 11.8 Å². The van der Waals surface area contributed by atoms with E-state index in [1.54, 1.807) is 26.3 Å². The lowest BCUT2D eigenvalue weighted by Crippen LogP contribution is -2.28. The molecule has 3 heterocycles. The molecule has 1 aliphatic heterocycles. The molecule has 1 aromatic carbocycles. The summed E-state index contributed by atoms with van der Waals surface area (Å²) in [6, 6.07) is 5.81. The van der Waals surface area contributed by atoms with Crippen LogP contribution in [-0.4, -0.2) is 34.0 Å². The number of ether oxygens (including phenoxy) is 2. The zero-order valence-corrected chi connectivity index (χ0v) is 20.8. The molecule has 0 saturated carbocycles. The minimum absolute atomic E-state index is 0.0702. The molecule has 0 spiro atoms. The monoisotopic (exact) mass is 463 g/mol. The van der Waals surface area contributed by atoms with Gasteiger partial charge in [-0.15, -0.1) is 0 Å². The molecule has 1 unspecified atom stereocenters. The summed E-state index contributed by atoms with van der Waals surface area (Å²) in [7, 11) is 1.65. The number of benzene rings is 1. The maximum atomic E-state index is 12.9. The van der Waals surface area contributed by atoms with Crippen molar-refractivity contribution in [1.29, 1.82) is 0 Å². The second kappa shape index (κ2) is 9.49. The predicted molar refractivity (Wildman–Crippen MR) is 132 cm³/mol. The van der Waals surface area contributed by atoms with Gasteiger partial charge in [0.05, 0.1) is 25.6 Å². The van der Waals surface area contributed by atoms with Crippen molar-refractivity contribution in [2.45, 2.75) is 53.6 Å². The highest BCUT2D eigenvalue weighted by Gasteiger charge is 2.29. The van der Waals surface area contributed by atoms with E-state index in [9.17, 15) is 9.59 Å². The molecular formula is C27H33N3O4. The largest absolute Gasteiger partial charge is 0.496 e. The molecule has 0 radical (unpaired) electrons. The van der Waals surface area contributed by atoms with Gasteiger partial charge in [0.15, 0.2) is 5.43 Å². The summed E-state index contributed by atoms with van der Waals surface area (Å²) in [5.41, 5.74) is 4.60. The van der Waals surface area contributed by atoms with Gasteiger partial charge in [-0.1, -0.05) is 27.7 Å². The van der Waals surface area contributed by atoms with Crippen LogP contribution < -0.4 is 10.2 Å². The Morgan fingerprint density at radius 1 is 1.15 bits per heavy atom. The van der Waals surface area contributed by atoms with E-state index in [1.165, 1.54) is 0 Å². The van der Waals surface area contributed by atoms with Gasteiger partial charge < -0.3 is 14.0 Å². The minimum atomic E-state index is -0.581. The zero-order chi connectivity index (χ0) is 24.6. The van der Waals surface area contributed by atoms with Gasteiger partial charge >= 0.3 is 5.97 Å². The fourth-order valence-electron chi connectivity index (χ4n) is 4.69. The summed E-state index contributed by atoms with van der Waals surface area (Å²) in [5.74, 6) is 0.935. The average Bonchev–Trinajstić information content (AvgIpc) is 3.24. The number of aromatic nitrogens is 3. The molecule has 0 amide bonds. The third-order valence-electron chi connectivity index (χ3n) is 6.33. The number of carbonyl (C=O) groups is 1. The van der Waals surface area contributed by atoms with Gasteiger partial charge in [0.1, 0.15) is 11.3 Å². The number of hydrogen-bond acceptors (Lipinski definition) is 5. The SMILES string of the molecule is CCOC(=O)c1cn2c(cc1=O)-c1cc(OC)c(-c3cnn(CC(C)C)c3)cc1CC2C(C)C. The van der Waals surface area contributed by atoms with Gasteiger partial charge in [-0.2, -0.15) is 5.10 Å². The number of methoxy groups -OCH3 is 1. The summed E-state index contributed by atoms with van der Waals surface area (Å²) in [4.78, 5) is 25.3. The molecule has 180 valence electrons. The van der Waals surface area contributed by atoms with Crippen LogP contribution in [0.15, 0.2) is 41.6 Å². The van der Waals surface area contributed by atoms with Gasteiger partial charge in [0.25, 0.3) is 0 Å². The third kappa shape index (κ3) is 4.39. The van der Waals surface area contributed by atoms with Crippen LogP contribution in [-0.2, 0) is 17.7 Å². The number of fused-ring (bicyclic) bond motifs is 3. The topological polar surface area (TPSA) is 75.3 Å². The third-order valence-corrected chi connectivity index (χ3v) is 6.33. The van der Waals surface area contributed by atoms with Crippen molar-refractivity contribution in [1.82, 2.24) is 14.3 Å². The van der Waals surface area contributed by atoms with Crippen LogP contribution in [0.2, 0.25) is 0 Å². The van der Waals surface area contributed by atoms with E-state index in [-0.39, 0.29) is 23.6 Å². The lowest BCUT2D eigenvalue weighted by molar-refractivity contribution is 0.0523. The number of esters is 1. The molecule has 7 nitrogen and oxygen atoms in total. The smallest absolute Gasteiger partial charge is 0.343 e. The van der Waals surface area contributed by atoms with Crippen LogP contribution in [0.3, 0.4) is 0 Å². The van der Waals surface area contributed by atoms with Crippen LogP contribution in [0, 0.1) is 11.8 Å². The number of nitrogens with zero attached hydrogens (tertiary/aromatic N) is 3. The average molecular weight is 464 g/mol. The van der Waals surface area contributed by atoms with Gasteiger partial charge in [-0.05, 0) is 42.9 Å². The van der Waals surface area contributed by atoms with E-state index in [0.717, 1.165) is 46.7 Å². The lowest BCUT2D eigenvalue weighted by Gasteiger charge is -2.34. The number of pyridine rings is 1. The molecular weight excluding hydrogens is 430 g/mol. The van der Waals surface area contributed by atoms with E-state index < -0.39 is 5.97 Å². The lowest BCUT2D eigenvalue weighted by atomic mass is 9.85. The molecule has 2 aromatic heterocycles. The van der Waals surface area contributed by atoms with Crippen LogP contribution in [0.25, 0.3) is 22.4 Å². The van der Waals surface area contributed by atoms with Crippen molar-refractivity contribution in [2.24, 2.45) is 11.8 Å². The molecule has 3 aromatic rings. The van der Waals surface area contributed by atoms with Crippen LogP contribution in [0.5, 0.6) is 5.75 Å². The zero-order valence-electron chi connectivity index (χ0n) is 20.8. The fraction of sp³-hybridized carbons (Fsp3) is 0.444. The summed E-state index contributed by atoms with van der Waals surface area (Å²) >= 11 is 0. The summed E-state index contributed by atoms with van der Waals surface area (Å²) < 4.78 is 14.9. The van der Waals surface area contributed by atoms with Crippen molar-refractivity contribution < 1.29 is 14.3 Å². The molecule has 1 atom stereocenters. The highest BCUT2D eigenvalue weighted by molar-refractivity contribution is 5.89. The van der Waals surface area contributed by atoms with Gasteiger partial charge in [-0.25, -0.2) is 4.79 Å². The molecule has 0 fully saturated rings. The van der Waals surface area contributed by atoms with Crippen LogP contribution in [0.4, 0.5) is 0 Å². The first kappa shape index (κ1) is 23.8. The second-order valence-electron chi connectivity index (χ2n) is 9.63. The molecule has 0 N–H and O–H groups in total. The van der Waals surface area contributed by atoms with E-state index in [4.69, 9.17) is 9.47 Å². The Labute approximate surface area is 200 Å².